The van der Waals surface area contributed by atoms with Crippen molar-refractivity contribution in [2.75, 3.05) is 0 Å². The molecule has 0 spiro atoms. The van der Waals surface area contributed by atoms with Crippen LogP contribution in [0.3, 0.4) is 0 Å². The van der Waals surface area contributed by atoms with E-state index in [0.717, 1.165) is 39.9 Å². The highest BCUT2D eigenvalue weighted by molar-refractivity contribution is 5.67. The summed E-state index contributed by atoms with van der Waals surface area (Å²) < 4.78 is 0. The normalized spacial score (nSPS) is 12.9. The maximum absolute atomic E-state index is 11.9. The highest BCUT2D eigenvalue weighted by Gasteiger charge is 2.20. The highest BCUT2D eigenvalue weighted by atomic mass is 16.1. The Bertz CT molecular complexity index is 1060. The van der Waals surface area contributed by atoms with Crippen LogP contribution in [0.4, 0.5) is 0 Å². The van der Waals surface area contributed by atoms with Gasteiger partial charge in [0.05, 0.1) is 11.4 Å². The van der Waals surface area contributed by atoms with Gasteiger partial charge >= 0.3 is 0 Å². The van der Waals surface area contributed by atoms with E-state index in [2.05, 4.69) is 41.2 Å². The van der Waals surface area contributed by atoms with Gasteiger partial charge in [-0.1, -0.05) is 67.6 Å². The molecule has 3 nitrogen and oxygen atoms in total. The molecule has 0 fully saturated rings. The smallest absolute Gasteiger partial charge is 0.128 e. The third-order valence-corrected chi connectivity index (χ3v) is 5.34. The van der Waals surface area contributed by atoms with Crippen LogP contribution in [-0.4, -0.2) is 16.3 Å². The summed E-state index contributed by atoms with van der Waals surface area (Å²) in [6.45, 7) is 2.10. The van der Waals surface area contributed by atoms with E-state index in [4.69, 9.17) is 0 Å². The van der Waals surface area contributed by atoms with Crippen LogP contribution in [-0.2, 0) is 4.79 Å². The van der Waals surface area contributed by atoms with Crippen LogP contribution < -0.4 is 0 Å². The van der Waals surface area contributed by atoms with E-state index >= 15 is 0 Å². The number of carbonyl (C=O) groups is 1. The molecule has 0 aliphatic heterocycles. The van der Waals surface area contributed by atoms with Gasteiger partial charge in [0.25, 0.3) is 0 Å². The van der Waals surface area contributed by atoms with E-state index in [1.54, 1.807) is 12.4 Å². The van der Waals surface area contributed by atoms with E-state index in [1.165, 1.54) is 0 Å². The molecule has 2 aromatic heterocycles. The van der Waals surface area contributed by atoms with Gasteiger partial charge < -0.3 is 4.79 Å². The van der Waals surface area contributed by atoms with Crippen molar-refractivity contribution in [3.8, 4) is 22.5 Å². The van der Waals surface area contributed by atoms with Crippen molar-refractivity contribution in [3.05, 3.63) is 108 Å². The van der Waals surface area contributed by atoms with Crippen LogP contribution >= 0.6 is 0 Å². The summed E-state index contributed by atoms with van der Waals surface area (Å²) in [4.78, 5) is 20.7. The molecule has 2 atom stereocenters. The lowest BCUT2D eigenvalue weighted by Gasteiger charge is -2.20. The molecule has 2 unspecified atom stereocenters. The summed E-state index contributed by atoms with van der Waals surface area (Å²) in [5.41, 5.74) is 6.15. The van der Waals surface area contributed by atoms with Gasteiger partial charge in [-0.05, 0) is 41.3 Å². The summed E-state index contributed by atoms with van der Waals surface area (Å²) >= 11 is 0. The Balaban J connectivity index is 1.55. The van der Waals surface area contributed by atoms with Gasteiger partial charge in [0, 0.05) is 29.4 Å². The van der Waals surface area contributed by atoms with Gasteiger partial charge in [-0.15, -0.1) is 0 Å². The zero-order valence-electron chi connectivity index (χ0n) is 16.3. The maximum atomic E-state index is 11.9. The van der Waals surface area contributed by atoms with Crippen molar-refractivity contribution in [1.82, 2.24) is 9.97 Å². The molecule has 0 saturated heterocycles. The van der Waals surface area contributed by atoms with Gasteiger partial charge in [0.1, 0.15) is 6.29 Å². The number of carbonyl (C=O) groups excluding carboxylic acids is 1. The maximum Gasteiger partial charge on any atom is 0.128 e. The van der Waals surface area contributed by atoms with Crippen LogP contribution in [0.2, 0.25) is 0 Å². The van der Waals surface area contributed by atoms with Crippen molar-refractivity contribution in [2.45, 2.75) is 18.8 Å². The monoisotopic (exact) mass is 378 g/mol. The van der Waals surface area contributed by atoms with Crippen molar-refractivity contribution in [3.63, 3.8) is 0 Å². The molecule has 2 heterocycles. The first kappa shape index (κ1) is 18.8. The first-order valence-corrected chi connectivity index (χ1v) is 9.74. The predicted molar refractivity (Wildman–Crippen MR) is 117 cm³/mol. The number of aromatic nitrogens is 2. The number of benzene rings is 2. The van der Waals surface area contributed by atoms with Crippen LogP contribution in [0.5, 0.6) is 0 Å². The molecule has 0 aliphatic rings. The minimum absolute atomic E-state index is 0.0750. The Morgan fingerprint density at radius 3 is 1.55 bits per heavy atom. The molecule has 2 aromatic carbocycles. The predicted octanol–water partition coefficient (Wildman–Crippen LogP) is 5.90. The molecule has 29 heavy (non-hydrogen) atoms. The number of hydrogen-bond acceptors (Lipinski definition) is 3. The molecular formula is C26H22N2O. The van der Waals surface area contributed by atoms with Gasteiger partial charge in [0.2, 0.25) is 0 Å². The van der Waals surface area contributed by atoms with E-state index in [0.29, 0.717) is 0 Å². The molecule has 0 radical (unpaired) electrons. The first-order valence-electron chi connectivity index (χ1n) is 9.74. The van der Waals surface area contributed by atoms with Gasteiger partial charge in [-0.2, -0.15) is 0 Å². The zero-order valence-corrected chi connectivity index (χ0v) is 16.3. The number of nitrogens with zero attached hydrogens (tertiary/aromatic N) is 2. The number of pyridine rings is 2. The molecule has 0 aliphatic carbocycles. The minimum Gasteiger partial charge on any atom is -0.303 e. The lowest BCUT2D eigenvalue weighted by molar-refractivity contribution is -0.109. The quantitative estimate of drug-likeness (QED) is 0.393. The summed E-state index contributed by atoms with van der Waals surface area (Å²) in [6.07, 6.45) is 4.63. The number of hydrogen-bond donors (Lipinski definition) is 0. The van der Waals surface area contributed by atoms with Crippen LogP contribution in [0.15, 0.2) is 97.3 Å². The fourth-order valence-electron chi connectivity index (χ4n) is 3.59. The molecule has 0 saturated carbocycles. The number of aldehydes is 1. The average molecular weight is 378 g/mol. The second kappa shape index (κ2) is 8.61. The van der Waals surface area contributed by atoms with Crippen LogP contribution in [0, 0.1) is 0 Å². The molecule has 0 amide bonds. The summed E-state index contributed by atoms with van der Waals surface area (Å²) in [5.74, 6) is -0.125. The fraction of sp³-hybridized carbons (Fsp3) is 0.115. The van der Waals surface area contributed by atoms with E-state index in [1.807, 2.05) is 60.7 Å². The number of rotatable bonds is 6. The summed E-state index contributed by atoms with van der Waals surface area (Å²) in [7, 11) is 0. The molecule has 142 valence electrons. The third kappa shape index (κ3) is 4.14. The summed E-state index contributed by atoms with van der Waals surface area (Å²) in [5, 5.41) is 0. The van der Waals surface area contributed by atoms with E-state index < -0.39 is 0 Å². The van der Waals surface area contributed by atoms with E-state index in [-0.39, 0.29) is 11.8 Å². The lowest BCUT2D eigenvalue weighted by atomic mass is 9.83. The topological polar surface area (TPSA) is 42.9 Å². The second-order valence-corrected chi connectivity index (χ2v) is 7.12. The standard InChI is InChI=1S/C26H22N2O/c1-19(20-8-12-22(13-9-20)25-6-2-4-16-27-25)24(18-29)21-10-14-23(15-11-21)26-7-3-5-17-28-26/h2-19,24H,1H3. The zero-order chi connectivity index (χ0) is 20.1. The third-order valence-electron chi connectivity index (χ3n) is 5.34. The van der Waals surface area contributed by atoms with Crippen molar-refractivity contribution in [1.29, 1.82) is 0 Å². The first-order chi connectivity index (χ1) is 14.3. The highest BCUT2D eigenvalue weighted by Crippen LogP contribution is 2.33. The largest absolute Gasteiger partial charge is 0.303 e. The van der Waals surface area contributed by atoms with Crippen LogP contribution in [0.1, 0.15) is 29.9 Å². The molecule has 0 N–H and O–H groups in total. The van der Waals surface area contributed by atoms with Crippen molar-refractivity contribution >= 4 is 6.29 Å². The lowest BCUT2D eigenvalue weighted by Crippen LogP contribution is -2.10. The molecule has 4 aromatic rings. The SMILES string of the molecule is CC(c1ccc(-c2ccccn2)cc1)C(C=O)c1ccc(-c2ccccn2)cc1. The molecule has 0 bridgehead atoms. The van der Waals surface area contributed by atoms with Crippen molar-refractivity contribution < 1.29 is 4.79 Å². The van der Waals surface area contributed by atoms with Gasteiger partial charge in [-0.25, -0.2) is 0 Å². The Labute approximate surface area is 171 Å². The Morgan fingerprint density at radius 2 is 1.14 bits per heavy atom. The van der Waals surface area contributed by atoms with E-state index in [9.17, 15) is 4.79 Å². The van der Waals surface area contributed by atoms with Crippen LogP contribution in [0.25, 0.3) is 22.5 Å². The summed E-state index contributed by atoms with van der Waals surface area (Å²) in [6, 6.07) is 28.2. The molecule has 3 heteroatoms. The van der Waals surface area contributed by atoms with Gasteiger partial charge in [-0.3, -0.25) is 9.97 Å². The Kier molecular flexibility index (Phi) is 5.57. The fourth-order valence-corrected chi connectivity index (χ4v) is 3.59. The van der Waals surface area contributed by atoms with Crippen molar-refractivity contribution in [2.24, 2.45) is 0 Å². The second-order valence-electron chi connectivity index (χ2n) is 7.12. The Morgan fingerprint density at radius 1 is 0.655 bits per heavy atom. The Hall–Kier alpha value is -3.59. The van der Waals surface area contributed by atoms with Gasteiger partial charge in [0.15, 0.2) is 0 Å². The minimum atomic E-state index is -0.200. The molecule has 4 rings (SSSR count). The molecular weight excluding hydrogens is 356 g/mol. The average Bonchev–Trinajstić information content (AvgIpc) is 2.81.